The van der Waals surface area contributed by atoms with Crippen molar-refractivity contribution in [2.45, 2.75) is 60.3 Å². The summed E-state index contributed by atoms with van der Waals surface area (Å²) < 4.78 is 7.43. The number of aliphatic hydroxyl groups is 1. The third-order valence-electron chi connectivity index (χ3n) is 7.13. The van der Waals surface area contributed by atoms with E-state index in [4.69, 9.17) is 14.5 Å². The molecular formula is C36H35IrN2O3S-. The molecule has 5 nitrogen and oxygen atoms in total. The average Bonchev–Trinajstić information content (AvgIpc) is 3.52. The molecule has 0 aliphatic carbocycles. The Kier molecular flexibility index (Phi) is 10.0. The van der Waals surface area contributed by atoms with Crippen LogP contribution in [-0.2, 0) is 24.9 Å². The Labute approximate surface area is 270 Å². The quantitative estimate of drug-likeness (QED) is 0.107. The molecule has 0 atom stereocenters. The van der Waals surface area contributed by atoms with Crippen molar-refractivity contribution in [1.29, 1.82) is 0 Å². The molecule has 0 spiro atoms. The molecule has 0 aliphatic heterocycles. The Morgan fingerprint density at radius 1 is 1.00 bits per heavy atom. The first kappa shape index (κ1) is 32.3. The zero-order valence-electron chi connectivity index (χ0n) is 25.4. The van der Waals surface area contributed by atoms with Gasteiger partial charge < -0.3 is 14.5 Å². The number of benzene rings is 2. The molecule has 0 amide bonds. The van der Waals surface area contributed by atoms with Crippen molar-refractivity contribution in [2.24, 2.45) is 0 Å². The SMILES string of the molecule is CC(=O)/C=C(/C)O.Cc1ccc2c(n1)oc1c(-c3cc4sc(-c5c(C(C)C)cccc5C(C)C)cc4cn3)[c-]ccc12.[Ir]. The van der Waals surface area contributed by atoms with E-state index in [0.717, 1.165) is 38.7 Å². The van der Waals surface area contributed by atoms with Crippen LogP contribution in [0.3, 0.4) is 0 Å². The number of aryl methyl sites for hydroxylation is 1. The maximum Gasteiger partial charge on any atom is 0.216 e. The summed E-state index contributed by atoms with van der Waals surface area (Å²) in [6.45, 7) is 13.9. The zero-order valence-corrected chi connectivity index (χ0v) is 28.6. The summed E-state index contributed by atoms with van der Waals surface area (Å²) in [6, 6.07) is 22.7. The second-order valence-corrected chi connectivity index (χ2v) is 12.3. The van der Waals surface area contributed by atoms with E-state index in [9.17, 15) is 4.79 Å². The maximum absolute atomic E-state index is 10.0. The Morgan fingerprint density at radius 2 is 1.70 bits per heavy atom. The fourth-order valence-corrected chi connectivity index (χ4v) is 6.39. The van der Waals surface area contributed by atoms with Crippen LogP contribution in [-0.4, -0.2) is 20.9 Å². The predicted octanol–water partition coefficient (Wildman–Crippen LogP) is 10.3. The smallest absolute Gasteiger partial charge is 0.216 e. The average molecular weight is 768 g/mol. The fourth-order valence-electron chi connectivity index (χ4n) is 5.23. The summed E-state index contributed by atoms with van der Waals surface area (Å²) in [6.07, 6.45) is 3.15. The second-order valence-electron chi connectivity index (χ2n) is 11.2. The minimum Gasteiger partial charge on any atom is -0.512 e. The summed E-state index contributed by atoms with van der Waals surface area (Å²) >= 11 is 1.84. The van der Waals surface area contributed by atoms with Gasteiger partial charge >= 0.3 is 0 Å². The molecule has 0 saturated carbocycles. The van der Waals surface area contributed by atoms with E-state index in [1.807, 2.05) is 42.7 Å². The molecule has 0 saturated heterocycles. The minimum absolute atomic E-state index is 0. The van der Waals surface area contributed by atoms with Gasteiger partial charge in [0.2, 0.25) is 5.71 Å². The zero-order chi connectivity index (χ0) is 30.1. The number of carbonyl (C=O) groups excluding carboxylic acids is 1. The van der Waals surface area contributed by atoms with Gasteiger partial charge in [0.25, 0.3) is 0 Å². The van der Waals surface area contributed by atoms with Gasteiger partial charge in [0.15, 0.2) is 5.78 Å². The van der Waals surface area contributed by atoms with Crippen LogP contribution in [0.5, 0.6) is 0 Å². The Hall–Kier alpha value is -3.64. The van der Waals surface area contributed by atoms with Gasteiger partial charge in [-0.2, -0.15) is 0 Å². The van der Waals surface area contributed by atoms with Crippen molar-refractivity contribution in [1.82, 2.24) is 9.97 Å². The van der Waals surface area contributed by atoms with Crippen LogP contribution in [0.15, 0.2) is 77.0 Å². The minimum atomic E-state index is -0.125. The van der Waals surface area contributed by atoms with Crippen LogP contribution < -0.4 is 0 Å². The third-order valence-corrected chi connectivity index (χ3v) is 8.24. The van der Waals surface area contributed by atoms with Gasteiger partial charge in [0.1, 0.15) is 0 Å². The number of aromatic nitrogens is 2. The standard InChI is InChI=1S/C31H27N2OS.C5H8O2.Ir/c1-17(2)21-8-6-9-22(18(3)4)29(21)28-14-20-16-32-26(15-27(20)35-28)25-11-7-10-23-24-13-12-19(5)33-31(24)34-30(23)25;1-4(6)3-5(2)7;/h6-10,12-18H,1-5H3;3,6H,1-2H3;/q-1;;/b;4-3-;. The number of thiophene rings is 1. The molecule has 1 radical (unpaired) electrons. The van der Waals surface area contributed by atoms with Crippen LogP contribution >= 0.6 is 11.3 Å². The van der Waals surface area contributed by atoms with Gasteiger partial charge in [0.05, 0.1) is 11.3 Å². The number of hydrogen-bond acceptors (Lipinski definition) is 6. The van der Waals surface area contributed by atoms with E-state index in [-0.39, 0.29) is 31.6 Å². The Bertz CT molecular complexity index is 1940. The molecule has 7 heteroatoms. The molecule has 6 aromatic rings. The number of pyridine rings is 2. The first-order chi connectivity index (χ1) is 20.0. The second kappa shape index (κ2) is 13.3. The van der Waals surface area contributed by atoms with E-state index in [1.54, 1.807) is 0 Å². The Morgan fingerprint density at radius 3 is 2.30 bits per heavy atom. The summed E-state index contributed by atoms with van der Waals surface area (Å²) in [5.41, 5.74) is 8.32. The van der Waals surface area contributed by atoms with Crippen molar-refractivity contribution in [3.63, 3.8) is 0 Å². The van der Waals surface area contributed by atoms with Crippen molar-refractivity contribution in [3.05, 3.63) is 95.5 Å². The van der Waals surface area contributed by atoms with Crippen molar-refractivity contribution in [3.8, 4) is 21.7 Å². The molecule has 0 bridgehead atoms. The molecule has 0 aliphatic rings. The number of furan rings is 1. The van der Waals surface area contributed by atoms with Gasteiger partial charge in [-0.15, -0.1) is 29.5 Å². The molecule has 0 fully saturated rings. The molecule has 4 heterocycles. The molecule has 6 rings (SSSR count). The van der Waals surface area contributed by atoms with E-state index in [2.05, 4.69) is 75.1 Å². The molecule has 1 N–H and O–H groups in total. The molecule has 0 unspecified atom stereocenters. The predicted molar refractivity (Wildman–Crippen MR) is 174 cm³/mol. The maximum atomic E-state index is 10.0. The molecule has 4 aromatic heterocycles. The normalized spacial score (nSPS) is 11.7. The van der Waals surface area contributed by atoms with Crippen molar-refractivity contribution in [2.75, 3.05) is 0 Å². The number of rotatable bonds is 5. The molecule has 2 aromatic carbocycles. The van der Waals surface area contributed by atoms with Crippen molar-refractivity contribution >= 4 is 49.3 Å². The van der Waals surface area contributed by atoms with Gasteiger partial charge in [-0.05, 0) is 73.2 Å². The van der Waals surface area contributed by atoms with Crippen LogP contribution in [0.1, 0.15) is 70.2 Å². The van der Waals surface area contributed by atoms with Crippen LogP contribution in [0.4, 0.5) is 0 Å². The Balaban J connectivity index is 0.000000475. The first-order valence-corrected chi connectivity index (χ1v) is 15.0. The molecule has 223 valence electrons. The van der Waals surface area contributed by atoms with Crippen LogP contribution in [0, 0.1) is 13.0 Å². The van der Waals surface area contributed by atoms with Crippen LogP contribution in [0.2, 0.25) is 0 Å². The number of fused-ring (bicyclic) bond motifs is 4. The van der Waals surface area contributed by atoms with Gasteiger partial charge in [-0.3, -0.25) is 4.79 Å². The summed E-state index contributed by atoms with van der Waals surface area (Å²) in [7, 11) is 0. The number of aliphatic hydroxyl groups excluding tert-OH is 1. The number of ketones is 1. The fraction of sp³-hybridized carbons (Fsp3) is 0.250. The summed E-state index contributed by atoms with van der Waals surface area (Å²) in [5, 5.41) is 11.6. The largest absolute Gasteiger partial charge is 0.512 e. The van der Waals surface area contributed by atoms with Gasteiger partial charge in [0, 0.05) is 58.4 Å². The first-order valence-electron chi connectivity index (χ1n) is 14.1. The topological polar surface area (TPSA) is 76.2 Å². The third kappa shape index (κ3) is 6.80. The summed E-state index contributed by atoms with van der Waals surface area (Å²) in [4.78, 5) is 20.7. The van der Waals surface area contributed by atoms with Gasteiger partial charge in [-0.25, -0.2) is 4.98 Å². The van der Waals surface area contributed by atoms with Gasteiger partial charge in [-0.1, -0.05) is 62.9 Å². The van der Waals surface area contributed by atoms with E-state index >= 15 is 0 Å². The number of nitrogens with zero attached hydrogens (tertiary/aromatic N) is 2. The van der Waals surface area contributed by atoms with Crippen LogP contribution in [0.25, 0.3) is 53.9 Å². The number of carbonyl (C=O) groups is 1. The molecular weight excluding hydrogens is 733 g/mol. The van der Waals surface area contributed by atoms with Crippen molar-refractivity contribution < 1.29 is 34.4 Å². The van der Waals surface area contributed by atoms with E-state index in [1.165, 1.54) is 46.2 Å². The number of allylic oxidation sites excluding steroid dienone is 2. The number of hydrogen-bond donors (Lipinski definition) is 1. The monoisotopic (exact) mass is 768 g/mol. The van der Waals surface area contributed by atoms with E-state index in [0.29, 0.717) is 17.5 Å². The summed E-state index contributed by atoms with van der Waals surface area (Å²) in [5.74, 6) is 0.854. The molecule has 43 heavy (non-hydrogen) atoms. The van der Waals surface area contributed by atoms with E-state index < -0.39 is 0 Å².